The molecular formula is C68H135NO5. The molecule has 0 aromatic carbocycles. The third kappa shape index (κ3) is 60.1. The van der Waals surface area contributed by atoms with Crippen LogP contribution in [0.25, 0.3) is 0 Å². The fraction of sp³-hybridized carbons (Fsp3) is 0.971. The Morgan fingerprint density at radius 3 is 0.824 bits per heavy atom. The van der Waals surface area contributed by atoms with Crippen LogP contribution in [0.5, 0.6) is 0 Å². The van der Waals surface area contributed by atoms with Gasteiger partial charge in [-0.15, -0.1) is 0 Å². The molecule has 0 aromatic rings. The van der Waals surface area contributed by atoms with E-state index in [1.807, 2.05) is 0 Å². The first kappa shape index (κ1) is 72.9. The molecule has 0 aliphatic rings. The number of unbranched alkanes of at least 4 members (excludes halogenated alkanes) is 54. The maximum atomic E-state index is 12.5. The van der Waals surface area contributed by atoms with Gasteiger partial charge in [-0.1, -0.05) is 361 Å². The van der Waals surface area contributed by atoms with Crippen LogP contribution in [-0.4, -0.2) is 47.4 Å². The molecule has 74 heavy (non-hydrogen) atoms. The SMILES string of the molecule is CCCCCCCCCCCCCCCCCCCC(O)C(CO)NC(=O)CCCCCCCCCCCCCCCCCCCCCCCCCCCCCCOC(=O)CCCCCCCCCCCCCC. The smallest absolute Gasteiger partial charge is 0.305 e. The Morgan fingerprint density at radius 2 is 0.554 bits per heavy atom. The number of carbonyl (C=O) groups is 2. The number of ether oxygens (including phenoxy) is 1. The summed E-state index contributed by atoms with van der Waals surface area (Å²) >= 11 is 0. The number of hydrogen-bond acceptors (Lipinski definition) is 5. The van der Waals surface area contributed by atoms with Gasteiger partial charge in [0, 0.05) is 12.8 Å². The van der Waals surface area contributed by atoms with E-state index in [-0.39, 0.29) is 18.5 Å². The van der Waals surface area contributed by atoms with Gasteiger partial charge < -0.3 is 20.3 Å². The average Bonchev–Trinajstić information content (AvgIpc) is 3.40. The number of esters is 1. The predicted octanol–water partition coefficient (Wildman–Crippen LogP) is 21.8. The summed E-state index contributed by atoms with van der Waals surface area (Å²) in [5.41, 5.74) is 0. The molecule has 0 saturated heterocycles. The number of hydrogen-bond donors (Lipinski definition) is 3. The first-order valence-electron chi connectivity index (χ1n) is 34.3. The van der Waals surface area contributed by atoms with Gasteiger partial charge in [-0.3, -0.25) is 9.59 Å². The number of nitrogens with one attached hydrogen (secondary N) is 1. The van der Waals surface area contributed by atoms with Crippen LogP contribution in [0, 0.1) is 0 Å². The molecular weight excluding hydrogens is 911 g/mol. The molecule has 0 saturated carbocycles. The summed E-state index contributed by atoms with van der Waals surface area (Å²) in [5, 5.41) is 23.4. The minimum atomic E-state index is -0.661. The zero-order chi connectivity index (χ0) is 53.6. The van der Waals surface area contributed by atoms with E-state index in [0.29, 0.717) is 25.9 Å². The number of amides is 1. The molecule has 2 atom stereocenters. The van der Waals surface area contributed by atoms with E-state index in [1.165, 1.54) is 327 Å². The molecule has 3 N–H and O–H groups in total. The number of carbonyl (C=O) groups excluding carboxylic acids is 2. The molecule has 0 fully saturated rings. The normalized spacial score (nSPS) is 12.4. The largest absolute Gasteiger partial charge is 0.466 e. The van der Waals surface area contributed by atoms with E-state index in [9.17, 15) is 19.8 Å². The topological polar surface area (TPSA) is 95.9 Å². The second-order valence-electron chi connectivity index (χ2n) is 23.9. The van der Waals surface area contributed by atoms with Gasteiger partial charge in [0.15, 0.2) is 0 Å². The molecule has 0 rings (SSSR count). The Labute approximate surface area is 464 Å². The summed E-state index contributed by atoms with van der Waals surface area (Å²) in [5.74, 6) is -0.00689. The second-order valence-corrected chi connectivity index (χ2v) is 23.9. The standard InChI is InChI=1S/C68H135NO5/c1-3-5-7-9-11-13-15-17-18-31-34-37-40-44-48-52-56-60-66(71)65(64-70)69-67(72)61-57-53-49-45-41-38-35-32-29-27-25-23-21-19-20-22-24-26-28-30-33-36-39-43-47-51-55-59-63-74-68(73)62-58-54-50-46-42-16-14-12-10-8-6-4-2/h65-66,70-71H,3-64H2,1-2H3,(H,69,72). The minimum Gasteiger partial charge on any atom is -0.466 e. The highest BCUT2D eigenvalue weighted by molar-refractivity contribution is 5.76. The molecule has 0 aliphatic carbocycles. The maximum absolute atomic E-state index is 12.5. The first-order valence-corrected chi connectivity index (χ1v) is 34.3. The van der Waals surface area contributed by atoms with Gasteiger partial charge >= 0.3 is 5.97 Å². The molecule has 0 bridgehead atoms. The summed E-state index contributed by atoms with van der Waals surface area (Å²) in [6.45, 7) is 5.00. The Bertz CT molecular complexity index is 1070. The zero-order valence-electron chi connectivity index (χ0n) is 50.6. The highest BCUT2D eigenvalue weighted by Gasteiger charge is 2.20. The molecule has 1 amide bonds. The van der Waals surface area contributed by atoms with Crippen LogP contribution in [0.4, 0.5) is 0 Å². The second kappa shape index (κ2) is 64.4. The number of rotatable bonds is 65. The fourth-order valence-electron chi connectivity index (χ4n) is 11.2. The van der Waals surface area contributed by atoms with Crippen molar-refractivity contribution in [3.05, 3.63) is 0 Å². The van der Waals surface area contributed by atoms with Crippen molar-refractivity contribution in [3.63, 3.8) is 0 Å². The van der Waals surface area contributed by atoms with Crippen LogP contribution < -0.4 is 5.32 Å². The number of aliphatic hydroxyl groups excluding tert-OH is 2. The monoisotopic (exact) mass is 1050 g/mol. The third-order valence-corrected chi connectivity index (χ3v) is 16.4. The summed E-state index contributed by atoms with van der Waals surface area (Å²) in [6.07, 6.45) is 77.2. The van der Waals surface area contributed by atoms with Crippen molar-refractivity contribution in [3.8, 4) is 0 Å². The third-order valence-electron chi connectivity index (χ3n) is 16.4. The summed E-state index contributed by atoms with van der Waals surface area (Å²) < 4.78 is 5.48. The lowest BCUT2D eigenvalue weighted by atomic mass is 10.0. The van der Waals surface area contributed by atoms with Gasteiger partial charge in [0.2, 0.25) is 5.91 Å². The summed E-state index contributed by atoms with van der Waals surface area (Å²) in [6, 6.07) is -0.538. The summed E-state index contributed by atoms with van der Waals surface area (Å²) in [7, 11) is 0. The zero-order valence-corrected chi connectivity index (χ0v) is 50.6. The summed E-state index contributed by atoms with van der Waals surface area (Å²) in [4.78, 5) is 24.5. The number of aliphatic hydroxyl groups is 2. The lowest BCUT2D eigenvalue weighted by Gasteiger charge is -2.22. The average molecular weight is 1050 g/mol. The van der Waals surface area contributed by atoms with Crippen molar-refractivity contribution in [1.29, 1.82) is 0 Å². The van der Waals surface area contributed by atoms with Crippen LogP contribution in [-0.2, 0) is 14.3 Å². The highest BCUT2D eigenvalue weighted by Crippen LogP contribution is 2.19. The highest BCUT2D eigenvalue weighted by atomic mass is 16.5. The Kier molecular flexibility index (Phi) is 63.4. The molecule has 6 nitrogen and oxygen atoms in total. The first-order chi connectivity index (χ1) is 36.5. The molecule has 0 heterocycles. The van der Waals surface area contributed by atoms with Crippen LogP contribution in [0.1, 0.15) is 399 Å². The molecule has 0 spiro atoms. The van der Waals surface area contributed by atoms with Crippen molar-refractivity contribution in [2.45, 2.75) is 411 Å². The Hall–Kier alpha value is -1.14. The predicted molar refractivity (Wildman–Crippen MR) is 324 cm³/mol. The maximum Gasteiger partial charge on any atom is 0.305 e. The molecule has 2 unspecified atom stereocenters. The van der Waals surface area contributed by atoms with Crippen LogP contribution in [0.2, 0.25) is 0 Å². The van der Waals surface area contributed by atoms with Gasteiger partial charge in [0.1, 0.15) is 0 Å². The van der Waals surface area contributed by atoms with Gasteiger partial charge in [0.25, 0.3) is 0 Å². The molecule has 0 aromatic heterocycles. The van der Waals surface area contributed by atoms with Crippen molar-refractivity contribution in [2.24, 2.45) is 0 Å². The quantitative estimate of drug-likeness (QED) is 0.0417. The minimum absolute atomic E-state index is 0.0206. The lowest BCUT2D eigenvalue weighted by Crippen LogP contribution is -2.45. The Balaban J connectivity index is 3.33. The lowest BCUT2D eigenvalue weighted by molar-refractivity contribution is -0.143. The van der Waals surface area contributed by atoms with Gasteiger partial charge in [-0.25, -0.2) is 0 Å². The molecule has 6 heteroatoms. The van der Waals surface area contributed by atoms with Crippen LogP contribution in [0.15, 0.2) is 0 Å². The van der Waals surface area contributed by atoms with Crippen molar-refractivity contribution in [1.82, 2.24) is 5.32 Å². The van der Waals surface area contributed by atoms with Crippen molar-refractivity contribution < 1.29 is 24.5 Å². The molecule has 0 radical (unpaired) electrons. The van der Waals surface area contributed by atoms with E-state index >= 15 is 0 Å². The Morgan fingerprint density at radius 1 is 0.324 bits per heavy atom. The van der Waals surface area contributed by atoms with E-state index in [2.05, 4.69) is 19.2 Å². The van der Waals surface area contributed by atoms with Gasteiger partial charge in [-0.2, -0.15) is 0 Å². The molecule has 0 aliphatic heterocycles. The van der Waals surface area contributed by atoms with E-state index in [0.717, 1.165) is 38.5 Å². The van der Waals surface area contributed by atoms with Crippen molar-refractivity contribution >= 4 is 11.9 Å². The van der Waals surface area contributed by atoms with Gasteiger partial charge in [-0.05, 0) is 25.7 Å². The van der Waals surface area contributed by atoms with Gasteiger partial charge in [0.05, 0.1) is 25.4 Å². The molecule has 442 valence electrons. The van der Waals surface area contributed by atoms with E-state index in [4.69, 9.17) is 4.74 Å². The van der Waals surface area contributed by atoms with Crippen LogP contribution >= 0.6 is 0 Å². The van der Waals surface area contributed by atoms with E-state index in [1.54, 1.807) is 0 Å². The van der Waals surface area contributed by atoms with Crippen molar-refractivity contribution in [2.75, 3.05) is 13.2 Å². The fourth-order valence-corrected chi connectivity index (χ4v) is 11.2. The van der Waals surface area contributed by atoms with E-state index < -0.39 is 12.1 Å². The van der Waals surface area contributed by atoms with Crippen LogP contribution in [0.3, 0.4) is 0 Å².